The predicted octanol–water partition coefficient (Wildman–Crippen LogP) is 3.40. The Morgan fingerprint density at radius 2 is 1.91 bits per heavy atom. The molecule has 172 valence electrons. The van der Waals surface area contributed by atoms with E-state index in [0.717, 1.165) is 24.1 Å². The van der Waals surface area contributed by atoms with Crippen LogP contribution in [0.25, 0.3) is 0 Å². The molecule has 1 fully saturated rings. The Morgan fingerprint density at radius 3 is 2.59 bits per heavy atom. The summed E-state index contributed by atoms with van der Waals surface area (Å²) in [4.78, 5) is 25.3. The third-order valence-corrected chi connectivity index (χ3v) is 7.83. The van der Waals surface area contributed by atoms with Crippen LogP contribution in [0, 0.1) is 0 Å². The number of thiophene rings is 1. The van der Waals surface area contributed by atoms with E-state index in [1.165, 1.54) is 27.8 Å². The van der Waals surface area contributed by atoms with Crippen LogP contribution in [0.4, 0.5) is 0 Å². The van der Waals surface area contributed by atoms with Gasteiger partial charge in [0.05, 0.1) is 28.5 Å². The first kappa shape index (κ1) is 24.1. The second-order valence-electron chi connectivity index (χ2n) is 7.27. The predicted molar refractivity (Wildman–Crippen MR) is 123 cm³/mol. The average molecular weight is 478 g/mol. The Kier molecular flexibility index (Phi) is 8.54. The fourth-order valence-electron chi connectivity index (χ4n) is 3.37. The number of hydrogen-bond acceptors (Lipinski definition) is 7. The normalized spacial score (nSPS) is 15.3. The van der Waals surface area contributed by atoms with E-state index in [0.29, 0.717) is 31.8 Å². The zero-order valence-electron chi connectivity index (χ0n) is 18.0. The van der Waals surface area contributed by atoms with E-state index in [-0.39, 0.29) is 22.8 Å². The Hall–Kier alpha value is -2.56. The fourth-order valence-corrected chi connectivity index (χ4v) is 5.67. The lowest BCUT2D eigenvalue weighted by Crippen LogP contribution is -2.35. The number of esters is 1. The van der Waals surface area contributed by atoms with Gasteiger partial charge in [-0.1, -0.05) is 18.6 Å². The van der Waals surface area contributed by atoms with E-state index in [1.54, 1.807) is 19.1 Å². The molecule has 0 atom stereocenters. The largest absolute Gasteiger partial charge is 0.466 e. The molecule has 8 nitrogen and oxygen atoms in total. The number of hydrogen-bond donors (Lipinski definition) is 1. The molecule has 0 radical (unpaired) electrons. The van der Waals surface area contributed by atoms with Crippen molar-refractivity contribution in [2.24, 2.45) is 5.10 Å². The van der Waals surface area contributed by atoms with Crippen LogP contribution in [0.3, 0.4) is 0 Å². The summed E-state index contributed by atoms with van der Waals surface area (Å²) in [7, 11) is -3.64. The number of benzene rings is 1. The minimum absolute atomic E-state index is 0.0943. The highest BCUT2D eigenvalue weighted by Gasteiger charge is 2.26. The molecular weight excluding hydrogens is 450 g/mol. The molecule has 1 aromatic carbocycles. The van der Waals surface area contributed by atoms with Gasteiger partial charge in [0.15, 0.2) is 0 Å². The number of ether oxygens (including phenoxy) is 1. The lowest BCUT2D eigenvalue weighted by molar-refractivity contribution is -0.142. The number of amides is 1. The number of piperidine rings is 1. The number of carbonyl (C=O) groups is 2. The molecule has 10 heteroatoms. The van der Waals surface area contributed by atoms with Crippen LogP contribution in [0.5, 0.6) is 0 Å². The maximum Gasteiger partial charge on any atom is 0.306 e. The molecule has 2 heterocycles. The van der Waals surface area contributed by atoms with Gasteiger partial charge in [-0.25, -0.2) is 13.8 Å². The maximum absolute atomic E-state index is 12.9. The highest BCUT2D eigenvalue weighted by atomic mass is 32.2. The molecule has 1 amide bonds. The number of carbonyl (C=O) groups excluding carboxylic acids is 2. The van der Waals surface area contributed by atoms with E-state index in [1.807, 2.05) is 17.5 Å². The zero-order valence-corrected chi connectivity index (χ0v) is 19.6. The Bertz CT molecular complexity index is 1060. The van der Waals surface area contributed by atoms with Gasteiger partial charge >= 0.3 is 5.97 Å². The van der Waals surface area contributed by atoms with Gasteiger partial charge in [-0.05, 0) is 49.4 Å². The van der Waals surface area contributed by atoms with Gasteiger partial charge in [-0.15, -0.1) is 11.3 Å². The number of nitrogens with zero attached hydrogens (tertiary/aromatic N) is 2. The molecule has 0 unspecified atom stereocenters. The van der Waals surface area contributed by atoms with Gasteiger partial charge in [0, 0.05) is 25.1 Å². The fraction of sp³-hybridized carbons (Fsp3) is 0.409. The minimum Gasteiger partial charge on any atom is -0.466 e. The molecular formula is C22H27N3O5S2. The van der Waals surface area contributed by atoms with Crippen molar-refractivity contribution in [1.82, 2.24) is 9.73 Å². The number of rotatable bonds is 9. The van der Waals surface area contributed by atoms with Crippen LogP contribution in [0.2, 0.25) is 0 Å². The van der Waals surface area contributed by atoms with Gasteiger partial charge in [0.25, 0.3) is 5.91 Å². The SMILES string of the molecule is CCOC(=O)CCC(=NNC(=O)c1cccc(S(=O)(=O)N2CCCCC2)c1)c1cccs1. The molecule has 1 N–H and O–H groups in total. The second kappa shape index (κ2) is 11.3. The van der Waals surface area contributed by atoms with E-state index >= 15 is 0 Å². The Labute approximate surface area is 192 Å². The van der Waals surface area contributed by atoms with Crippen LogP contribution in [-0.2, 0) is 19.6 Å². The van der Waals surface area contributed by atoms with Crippen molar-refractivity contribution in [3.05, 3.63) is 52.2 Å². The van der Waals surface area contributed by atoms with Crippen LogP contribution in [0.15, 0.2) is 51.8 Å². The summed E-state index contributed by atoms with van der Waals surface area (Å²) in [5.41, 5.74) is 3.25. The molecule has 1 aliphatic rings. The third kappa shape index (κ3) is 6.24. The monoisotopic (exact) mass is 477 g/mol. The zero-order chi connectivity index (χ0) is 23.0. The van der Waals surface area contributed by atoms with E-state index in [2.05, 4.69) is 10.5 Å². The van der Waals surface area contributed by atoms with Gasteiger partial charge in [0.1, 0.15) is 0 Å². The van der Waals surface area contributed by atoms with Gasteiger partial charge in [0.2, 0.25) is 10.0 Å². The van der Waals surface area contributed by atoms with Crippen molar-refractivity contribution < 1.29 is 22.7 Å². The Balaban J connectivity index is 1.74. The van der Waals surface area contributed by atoms with Gasteiger partial charge < -0.3 is 4.74 Å². The molecule has 0 bridgehead atoms. The molecule has 3 rings (SSSR count). The summed E-state index contributed by atoms with van der Waals surface area (Å²) in [6.07, 6.45) is 3.15. The first-order chi connectivity index (χ1) is 15.4. The molecule has 32 heavy (non-hydrogen) atoms. The molecule has 0 aliphatic carbocycles. The third-order valence-electron chi connectivity index (χ3n) is 5.02. The maximum atomic E-state index is 12.9. The van der Waals surface area contributed by atoms with E-state index in [9.17, 15) is 18.0 Å². The minimum atomic E-state index is -3.64. The van der Waals surface area contributed by atoms with Crippen LogP contribution >= 0.6 is 11.3 Å². The van der Waals surface area contributed by atoms with Crippen molar-refractivity contribution in [2.45, 2.75) is 43.9 Å². The molecule has 1 saturated heterocycles. The lowest BCUT2D eigenvalue weighted by atomic mass is 10.2. The quantitative estimate of drug-likeness (QED) is 0.339. The number of nitrogens with one attached hydrogen (secondary N) is 1. The van der Waals surface area contributed by atoms with Crippen LogP contribution in [0.1, 0.15) is 54.3 Å². The van der Waals surface area contributed by atoms with Crippen LogP contribution in [-0.4, -0.2) is 50.0 Å². The highest BCUT2D eigenvalue weighted by molar-refractivity contribution is 7.89. The summed E-state index contributed by atoms with van der Waals surface area (Å²) in [6, 6.07) is 9.68. The summed E-state index contributed by atoms with van der Waals surface area (Å²) in [6.45, 7) is 3.03. The number of sulfonamides is 1. The Morgan fingerprint density at radius 1 is 1.12 bits per heavy atom. The van der Waals surface area contributed by atoms with Crippen LogP contribution < -0.4 is 5.43 Å². The molecule has 2 aromatic rings. The van der Waals surface area contributed by atoms with E-state index < -0.39 is 15.9 Å². The molecule has 1 aromatic heterocycles. The first-order valence-electron chi connectivity index (χ1n) is 10.6. The van der Waals surface area contributed by atoms with Gasteiger partial charge in [-0.3, -0.25) is 9.59 Å². The average Bonchev–Trinajstić information content (AvgIpc) is 3.34. The molecule has 0 spiro atoms. The summed E-state index contributed by atoms with van der Waals surface area (Å²) >= 11 is 1.45. The summed E-state index contributed by atoms with van der Waals surface area (Å²) < 4.78 is 32.2. The van der Waals surface area contributed by atoms with Crippen molar-refractivity contribution in [3.8, 4) is 0 Å². The standard InChI is InChI=1S/C22H27N3O5S2/c1-2-30-21(26)12-11-19(20-10-7-15-31-20)23-24-22(27)17-8-6-9-18(16-17)32(28,29)25-13-4-3-5-14-25/h6-10,15-16H,2-5,11-14H2,1H3,(H,24,27). The molecule has 0 saturated carbocycles. The smallest absolute Gasteiger partial charge is 0.306 e. The van der Waals surface area contributed by atoms with E-state index in [4.69, 9.17) is 4.74 Å². The van der Waals surface area contributed by atoms with Crippen molar-refractivity contribution >= 4 is 38.9 Å². The summed E-state index contributed by atoms with van der Waals surface area (Å²) in [5.74, 6) is -0.857. The second-order valence-corrected chi connectivity index (χ2v) is 10.2. The summed E-state index contributed by atoms with van der Waals surface area (Å²) in [5, 5.41) is 6.10. The van der Waals surface area contributed by atoms with Crippen molar-refractivity contribution in [1.29, 1.82) is 0 Å². The highest BCUT2D eigenvalue weighted by Crippen LogP contribution is 2.21. The van der Waals surface area contributed by atoms with Gasteiger partial charge in [-0.2, -0.15) is 9.41 Å². The number of hydrazone groups is 1. The van der Waals surface area contributed by atoms with Crippen molar-refractivity contribution in [3.63, 3.8) is 0 Å². The topological polar surface area (TPSA) is 105 Å². The first-order valence-corrected chi connectivity index (χ1v) is 12.9. The molecule has 1 aliphatic heterocycles. The lowest BCUT2D eigenvalue weighted by Gasteiger charge is -2.25. The van der Waals surface area contributed by atoms with Crippen molar-refractivity contribution in [2.75, 3.05) is 19.7 Å².